The molecule has 2 aromatic rings. The highest BCUT2D eigenvalue weighted by molar-refractivity contribution is 5.83. The van der Waals surface area contributed by atoms with Crippen molar-refractivity contribution in [2.24, 2.45) is 0 Å². The highest BCUT2D eigenvalue weighted by Gasteiger charge is 2.33. The molecule has 23 heavy (non-hydrogen) atoms. The number of hydrogen-bond acceptors (Lipinski definition) is 5. The number of pyridine rings is 1. The molecule has 1 atom stereocenters. The lowest BCUT2D eigenvalue weighted by Gasteiger charge is -2.37. The number of carbonyl (C=O) groups is 1. The average Bonchev–Trinajstić information content (AvgIpc) is 2.53. The molecule has 0 bridgehead atoms. The van der Waals surface area contributed by atoms with Crippen molar-refractivity contribution in [3.8, 4) is 0 Å². The summed E-state index contributed by atoms with van der Waals surface area (Å²) in [6, 6.07) is 11.7. The third kappa shape index (κ3) is 3.62. The van der Waals surface area contributed by atoms with Gasteiger partial charge in [-0.3, -0.25) is 0 Å². The van der Waals surface area contributed by atoms with E-state index >= 15 is 0 Å². The maximum absolute atomic E-state index is 12.5. The standard InChI is InChI=1S/C18H23N3O2/c1-18(2,3)23-17(22)15-12-19-10-11-21(15)16-9-8-13-6-4-5-7-14(13)20-16/h4-9,15,19H,10-12H2,1-3H3. The number of para-hydroxylation sites is 1. The first-order valence-electron chi connectivity index (χ1n) is 8.00. The number of benzene rings is 1. The monoisotopic (exact) mass is 313 g/mol. The minimum Gasteiger partial charge on any atom is -0.458 e. The number of anilines is 1. The number of esters is 1. The molecule has 0 aliphatic carbocycles. The van der Waals surface area contributed by atoms with Crippen molar-refractivity contribution in [2.75, 3.05) is 24.5 Å². The molecule has 3 rings (SSSR count). The summed E-state index contributed by atoms with van der Waals surface area (Å²) in [4.78, 5) is 19.3. The quantitative estimate of drug-likeness (QED) is 0.863. The number of hydrogen-bond donors (Lipinski definition) is 1. The number of rotatable bonds is 2. The van der Waals surface area contributed by atoms with Crippen molar-refractivity contribution in [3.05, 3.63) is 36.4 Å². The van der Waals surface area contributed by atoms with E-state index < -0.39 is 5.60 Å². The van der Waals surface area contributed by atoms with Gasteiger partial charge in [0.25, 0.3) is 0 Å². The lowest BCUT2D eigenvalue weighted by molar-refractivity contribution is -0.156. The van der Waals surface area contributed by atoms with E-state index in [4.69, 9.17) is 9.72 Å². The highest BCUT2D eigenvalue weighted by atomic mass is 16.6. The summed E-state index contributed by atoms with van der Waals surface area (Å²) in [5, 5.41) is 4.37. The maximum Gasteiger partial charge on any atom is 0.330 e. The van der Waals surface area contributed by atoms with Crippen LogP contribution in [0, 0.1) is 0 Å². The van der Waals surface area contributed by atoms with E-state index in [9.17, 15) is 4.79 Å². The summed E-state index contributed by atoms with van der Waals surface area (Å²) in [5.74, 6) is 0.612. The number of nitrogens with zero attached hydrogens (tertiary/aromatic N) is 2. The fourth-order valence-electron chi connectivity index (χ4n) is 2.77. The second kappa shape index (κ2) is 6.16. The van der Waals surface area contributed by atoms with Gasteiger partial charge < -0.3 is 15.0 Å². The molecule has 1 saturated heterocycles. The lowest BCUT2D eigenvalue weighted by atomic mass is 10.1. The van der Waals surface area contributed by atoms with E-state index in [0.717, 1.165) is 29.8 Å². The molecule has 1 aromatic carbocycles. The fraction of sp³-hybridized carbons (Fsp3) is 0.444. The third-order valence-electron chi connectivity index (χ3n) is 3.80. The van der Waals surface area contributed by atoms with Crippen LogP contribution in [0.3, 0.4) is 0 Å². The number of fused-ring (bicyclic) bond motifs is 1. The van der Waals surface area contributed by atoms with Crippen LogP contribution in [0.15, 0.2) is 36.4 Å². The largest absolute Gasteiger partial charge is 0.458 e. The van der Waals surface area contributed by atoms with Gasteiger partial charge >= 0.3 is 5.97 Å². The number of piperazine rings is 1. The van der Waals surface area contributed by atoms with Gasteiger partial charge in [-0.2, -0.15) is 0 Å². The van der Waals surface area contributed by atoms with Gasteiger partial charge in [0.05, 0.1) is 5.52 Å². The zero-order valence-corrected chi connectivity index (χ0v) is 13.9. The van der Waals surface area contributed by atoms with Gasteiger partial charge in [-0.25, -0.2) is 9.78 Å². The Balaban J connectivity index is 1.89. The molecule has 1 N–H and O–H groups in total. The molecule has 1 fully saturated rings. The van der Waals surface area contributed by atoms with Crippen molar-refractivity contribution in [3.63, 3.8) is 0 Å². The fourth-order valence-corrected chi connectivity index (χ4v) is 2.77. The van der Waals surface area contributed by atoms with Crippen LogP contribution in [0.25, 0.3) is 10.9 Å². The molecule has 1 unspecified atom stereocenters. The smallest absolute Gasteiger partial charge is 0.330 e. The van der Waals surface area contributed by atoms with Crippen LogP contribution in [0.5, 0.6) is 0 Å². The van der Waals surface area contributed by atoms with Crippen LogP contribution in [0.1, 0.15) is 20.8 Å². The maximum atomic E-state index is 12.5. The van der Waals surface area contributed by atoms with Crippen molar-refractivity contribution < 1.29 is 9.53 Å². The molecule has 1 aliphatic heterocycles. The minimum atomic E-state index is -0.489. The molecule has 5 nitrogen and oxygen atoms in total. The van der Waals surface area contributed by atoms with Crippen LogP contribution >= 0.6 is 0 Å². The van der Waals surface area contributed by atoms with Crippen LogP contribution in [-0.2, 0) is 9.53 Å². The number of carbonyl (C=O) groups excluding carboxylic acids is 1. The zero-order valence-electron chi connectivity index (χ0n) is 13.9. The van der Waals surface area contributed by atoms with E-state index in [1.807, 2.05) is 62.1 Å². The van der Waals surface area contributed by atoms with Crippen LogP contribution in [-0.4, -0.2) is 42.2 Å². The molecular weight excluding hydrogens is 290 g/mol. The van der Waals surface area contributed by atoms with Gasteiger partial charge in [0, 0.05) is 25.0 Å². The lowest BCUT2D eigenvalue weighted by Crippen LogP contribution is -2.56. The molecule has 0 saturated carbocycles. The van der Waals surface area contributed by atoms with Gasteiger partial charge in [-0.05, 0) is 39.0 Å². The van der Waals surface area contributed by atoms with Crippen molar-refractivity contribution in [1.82, 2.24) is 10.3 Å². The van der Waals surface area contributed by atoms with Crippen LogP contribution in [0.4, 0.5) is 5.82 Å². The molecule has 1 aromatic heterocycles. The summed E-state index contributed by atoms with van der Waals surface area (Å²) in [6.07, 6.45) is 0. The molecule has 122 valence electrons. The van der Waals surface area contributed by atoms with Crippen molar-refractivity contribution in [1.29, 1.82) is 0 Å². The van der Waals surface area contributed by atoms with Gasteiger partial charge in [0.1, 0.15) is 17.5 Å². The van der Waals surface area contributed by atoms with Gasteiger partial charge in [-0.1, -0.05) is 18.2 Å². The zero-order chi connectivity index (χ0) is 16.4. The van der Waals surface area contributed by atoms with Crippen molar-refractivity contribution >= 4 is 22.7 Å². The normalized spacial score (nSPS) is 18.9. The molecule has 2 heterocycles. The van der Waals surface area contributed by atoms with Gasteiger partial charge in [-0.15, -0.1) is 0 Å². The first kappa shape index (κ1) is 15.7. The Labute approximate surface area is 136 Å². The van der Waals surface area contributed by atoms with E-state index in [1.165, 1.54) is 0 Å². The summed E-state index contributed by atoms with van der Waals surface area (Å²) in [5.41, 5.74) is 0.447. The van der Waals surface area contributed by atoms with Gasteiger partial charge in [0.15, 0.2) is 0 Å². The summed E-state index contributed by atoms with van der Waals surface area (Å²) < 4.78 is 5.57. The Morgan fingerprint density at radius 1 is 1.26 bits per heavy atom. The second-order valence-electron chi connectivity index (χ2n) is 6.81. The Hall–Kier alpha value is -2.14. The van der Waals surface area contributed by atoms with E-state index in [2.05, 4.69) is 5.32 Å². The summed E-state index contributed by atoms with van der Waals surface area (Å²) in [7, 11) is 0. The Kier molecular flexibility index (Phi) is 4.22. The number of nitrogens with one attached hydrogen (secondary N) is 1. The molecular formula is C18H23N3O2. The third-order valence-corrected chi connectivity index (χ3v) is 3.80. The topological polar surface area (TPSA) is 54.5 Å². The van der Waals surface area contributed by atoms with E-state index in [0.29, 0.717) is 6.54 Å². The highest BCUT2D eigenvalue weighted by Crippen LogP contribution is 2.22. The van der Waals surface area contributed by atoms with E-state index in [1.54, 1.807) is 0 Å². The molecule has 0 spiro atoms. The number of aromatic nitrogens is 1. The molecule has 1 aliphatic rings. The summed E-state index contributed by atoms with van der Waals surface area (Å²) >= 11 is 0. The van der Waals surface area contributed by atoms with Crippen LogP contribution in [0.2, 0.25) is 0 Å². The number of ether oxygens (including phenoxy) is 1. The van der Waals surface area contributed by atoms with E-state index in [-0.39, 0.29) is 12.0 Å². The van der Waals surface area contributed by atoms with Crippen LogP contribution < -0.4 is 10.2 Å². The Bertz CT molecular complexity index is 709. The predicted molar refractivity (Wildman–Crippen MR) is 91.6 cm³/mol. The minimum absolute atomic E-state index is 0.209. The molecule has 5 heteroatoms. The average molecular weight is 313 g/mol. The molecule has 0 amide bonds. The Morgan fingerprint density at radius 2 is 2.04 bits per heavy atom. The SMILES string of the molecule is CC(C)(C)OC(=O)C1CNCCN1c1ccc2ccccc2n1. The first-order valence-corrected chi connectivity index (χ1v) is 8.00. The summed E-state index contributed by atoms with van der Waals surface area (Å²) in [6.45, 7) is 7.80. The predicted octanol–water partition coefficient (Wildman–Crippen LogP) is 2.35. The van der Waals surface area contributed by atoms with Crippen molar-refractivity contribution in [2.45, 2.75) is 32.4 Å². The van der Waals surface area contributed by atoms with Gasteiger partial charge in [0.2, 0.25) is 0 Å². The second-order valence-corrected chi connectivity index (χ2v) is 6.81. The first-order chi connectivity index (χ1) is 10.9. The Morgan fingerprint density at radius 3 is 2.83 bits per heavy atom. The molecule has 0 radical (unpaired) electrons.